The largest absolute Gasteiger partial charge is 0.381 e. The number of rotatable bonds is 5. The van der Waals surface area contributed by atoms with Crippen molar-refractivity contribution in [1.29, 1.82) is 0 Å². The fraction of sp³-hybridized carbons (Fsp3) is 0.562. The van der Waals surface area contributed by atoms with E-state index in [0.29, 0.717) is 5.92 Å². The maximum Gasteiger partial charge on any atom is 0.137 e. The number of imidazole rings is 1. The van der Waals surface area contributed by atoms with Crippen LogP contribution in [-0.4, -0.2) is 40.1 Å². The molecule has 106 valence electrons. The Kier molecular flexibility index (Phi) is 3.20. The normalized spacial score (nSPS) is 22.9. The molecule has 0 N–H and O–H groups in total. The molecule has 1 saturated carbocycles. The number of aromatic nitrogens is 2. The van der Waals surface area contributed by atoms with Crippen LogP contribution in [0.4, 0.5) is 0 Å². The molecule has 1 atom stereocenters. The molecule has 4 nitrogen and oxygen atoms in total. The number of hydrogen-bond acceptors (Lipinski definition) is 3. The van der Waals surface area contributed by atoms with Gasteiger partial charge in [-0.05, 0) is 37.3 Å². The Morgan fingerprint density at radius 2 is 2.25 bits per heavy atom. The van der Waals surface area contributed by atoms with E-state index in [1.165, 1.54) is 31.5 Å². The van der Waals surface area contributed by atoms with Gasteiger partial charge in [-0.2, -0.15) is 0 Å². The number of ether oxygens (including phenoxy) is 1. The molecule has 1 saturated heterocycles. The number of nitrogens with zero attached hydrogens (tertiary/aromatic N) is 3. The van der Waals surface area contributed by atoms with Crippen LogP contribution in [0.2, 0.25) is 0 Å². The van der Waals surface area contributed by atoms with Gasteiger partial charge in [-0.25, -0.2) is 4.98 Å². The van der Waals surface area contributed by atoms with Crippen LogP contribution >= 0.6 is 0 Å². The second-order valence-electron chi connectivity index (χ2n) is 6.09. The van der Waals surface area contributed by atoms with Gasteiger partial charge in [0.15, 0.2) is 0 Å². The molecular formula is C16H21N3O. The number of pyridine rings is 1. The molecule has 2 aromatic heterocycles. The molecule has 0 aromatic carbocycles. The Morgan fingerprint density at radius 3 is 3.00 bits per heavy atom. The van der Waals surface area contributed by atoms with Crippen molar-refractivity contribution in [2.75, 3.05) is 19.8 Å². The molecule has 4 heteroatoms. The molecule has 2 aromatic rings. The molecule has 2 aliphatic rings. The Bertz CT molecular complexity index is 551. The molecule has 2 fully saturated rings. The second kappa shape index (κ2) is 5.19. The minimum Gasteiger partial charge on any atom is -0.381 e. The van der Waals surface area contributed by atoms with E-state index >= 15 is 0 Å². The van der Waals surface area contributed by atoms with Crippen molar-refractivity contribution in [1.82, 2.24) is 14.3 Å². The number of hydrogen-bond donors (Lipinski definition) is 0. The molecule has 0 radical (unpaired) electrons. The summed E-state index contributed by atoms with van der Waals surface area (Å²) < 4.78 is 7.62. The maximum atomic E-state index is 5.51. The van der Waals surface area contributed by atoms with Gasteiger partial charge in [-0.3, -0.25) is 4.90 Å². The summed E-state index contributed by atoms with van der Waals surface area (Å²) in [6, 6.07) is 6.93. The van der Waals surface area contributed by atoms with Gasteiger partial charge in [0.1, 0.15) is 5.65 Å². The van der Waals surface area contributed by atoms with Crippen LogP contribution in [0.15, 0.2) is 30.6 Å². The molecular weight excluding hydrogens is 250 g/mol. The van der Waals surface area contributed by atoms with E-state index < -0.39 is 0 Å². The first-order valence-corrected chi connectivity index (χ1v) is 7.63. The molecule has 1 unspecified atom stereocenters. The van der Waals surface area contributed by atoms with E-state index in [1.54, 1.807) is 0 Å². The Hall–Kier alpha value is -1.39. The summed E-state index contributed by atoms with van der Waals surface area (Å²) >= 11 is 0. The molecule has 1 aliphatic carbocycles. The highest BCUT2D eigenvalue weighted by Crippen LogP contribution is 2.30. The standard InChI is InChI=1S/C16H21N3O/c1-2-7-18-10-14(17-16(18)3-1)11-19(15-4-5-15)9-13-6-8-20-12-13/h1-3,7,10,13,15H,4-6,8-9,11-12H2. The van der Waals surface area contributed by atoms with E-state index in [9.17, 15) is 0 Å². The molecule has 0 amide bonds. The van der Waals surface area contributed by atoms with E-state index in [0.717, 1.165) is 31.4 Å². The summed E-state index contributed by atoms with van der Waals surface area (Å²) in [7, 11) is 0. The lowest BCUT2D eigenvalue weighted by molar-refractivity contribution is 0.161. The average Bonchev–Trinajstić information content (AvgIpc) is 3.03. The zero-order chi connectivity index (χ0) is 13.4. The van der Waals surface area contributed by atoms with E-state index in [1.807, 2.05) is 12.1 Å². The SMILES string of the molecule is c1ccn2cc(CN(CC3CCOC3)C3CC3)nc2c1. The van der Waals surface area contributed by atoms with Gasteiger partial charge in [-0.1, -0.05) is 6.07 Å². The first-order valence-electron chi connectivity index (χ1n) is 7.63. The number of fused-ring (bicyclic) bond motifs is 1. The minimum absolute atomic E-state index is 0.715. The Labute approximate surface area is 119 Å². The zero-order valence-electron chi connectivity index (χ0n) is 11.7. The fourth-order valence-corrected chi connectivity index (χ4v) is 3.11. The van der Waals surface area contributed by atoms with Crippen molar-refractivity contribution in [2.45, 2.75) is 31.8 Å². The summed E-state index contributed by atoms with van der Waals surface area (Å²) in [5.74, 6) is 0.715. The average molecular weight is 271 g/mol. The smallest absolute Gasteiger partial charge is 0.137 e. The summed E-state index contributed by atoms with van der Waals surface area (Å²) in [5.41, 5.74) is 2.23. The van der Waals surface area contributed by atoms with Crippen molar-refractivity contribution >= 4 is 5.65 Å². The van der Waals surface area contributed by atoms with Crippen LogP contribution in [0, 0.1) is 5.92 Å². The van der Waals surface area contributed by atoms with Gasteiger partial charge >= 0.3 is 0 Å². The third-order valence-electron chi connectivity index (χ3n) is 4.36. The highest BCUT2D eigenvalue weighted by molar-refractivity contribution is 5.39. The highest BCUT2D eigenvalue weighted by atomic mass is 16.5. The lowest BCUT2D eigenvalue weighted by atomic mass is 10.1. The highest BCUT2D eigenvalue weighted by Gasteiger charge is 2.31. The molecule has 20 heavy (non-hydrogen) atoms. The minimum atomic E-state index is 0.715. The van der Waals surface area contributed by atoms with Crippen molar-refractivity contribution in [2.24, 2.45) is 5.92 Å². The van der Waals surface area contributed by atoms with E-state index in [-0.39, 0.29) is 0 Å². The lowest BCUT2D eigenvalue weighted by Gasteiger charge is -2.23. The topological polar surface area (TPSA) is 29.8 Å². The van der Waals surface area contributed by atoms with Gasteiger partial charge in [-0.15, -0.1) is 0 Å². The predicted molar refractivity (Wildman–Crippen MR) is 77.6 cm³/mol. The Morgan fingerprint density at radius 1 is 1.30 bits per heavy atom. The van der Waals surface area contributed by atoms with Crippen molar-refractivity contribution < 1.29 is 4.74 Å². The van der Waals surface area contributed by atoms with Gasteiger partial charge in [0.2, 0.25) is 0 Å². The summed E-state index contributed by atoms with van der Waals surface area (Å²) in [4.78, 5) is 7.34. The molecule has 0 bridgehead atoms. The molecule has 0 spiro atoms. The third-order valence-corrected chi connectivity index (χ3v) is 4.36. The van der Waals surface area contributed by atoms with Crippen LogP contribution in [0.5, 0.6) is 0 Å². The van der Waals surface area contributed by atoms with E-state index in [2.05, 4.69) is 27.8 Å². The van der Waals surface area contributed by atoms with Gasteiger partial charge in [0.05, 0.1) is 12.3 Å². The quantitative estimate of drug-likeness (QED) is 0.836. The molecule has 4 rings (SSSR count). The van der Waals surface area contributed by atoms with Crippen molar-refractivity contribution in [3.05, 3.63) is 36.3 Å². The van der Waals surface area contributed by atoms with Crippen LogP contribution in [0.3, 0.4) is 0 Å². The molecule has 1 aliphatic heterocycles. The van der Waals surface area contributed by atoms with E-state index in [4.69, 9.17) is 9.72 Å². The van der Waals surface area contributed by atoms with Gasteiger partial charge in [0, 0.05) is 38.1 Å². The zero-order valence-corrected chi connectivity index (χ0v) is 11.7. The van der Waals surface area contributed by atoms with Crippen LogP contribution in [-0.2, 0) is 11.3 Å². The predicted octanol–water partition coefficient (Wildman–Crippen LogP) is 2.34. The third kappa shape index (κ3) is 2.58. The summed E-state index contributed by atoms with van der Waals surface area (Å²) in [6.45, 7) is 4.02. The van der Waals surface area contributed by atoms with Crippen molar-refractivity contribution in [3.8, 4) is 0 Å². The van der Waals surface area contributed by atoms with Crippen LogP contribution in [0.1, 0.15) is 25.0 Å². The van der Waals surface area contributed by atoms with Gasteiger partial charge < -0.3 is 9.14 Å². The maximum absolute atomic E-state index is 5.51. The fourth-order valence-electron chi connectivity index (χ4n) is 3.11. The molecule has 3 heterocycles. The first-order chi connectivity index (χ1) is 9.88. The van der Waals surface area contributed by atoms with Crippen molar-refractivity contribution in [3.63, 3.8) is 0 Å². The van der Waals surface area contributed by atoms with Crippen LogP contribution < -0.4 is 0 Å². The van der Waals surface area contributed by atoms with Gasteiger partial charge in [0.25, 0.3) is 0 Å². The monoisotopic (exact) mass is 271 g/mol. The summed E-state index contributed by atoms with van der Waals surface area (Å²) in [5, 5.41) is 0. The lowest BCUT2D eigenvalue weighted by Crippen LogP contribution is -2.31. The first kappa shape index (κ1) is 12.4. The Balaban J connectivity index is 1.49. The second-order valence-corrected chi connectivity index (χ2v) is 6.09. The summed E-state index contributed by atoms with van der Waals surface area (Å²) in [6.07, 6.45) is 8.14. The van der Waals surface area contributed by atoms with Crippen LogP contribution in [0.25, 0.3) is 5.65 Å².